The van der Waals surface area contributed by atoms with Gasteiger partial charge in [0.1, 0.15) is 16.6 Å². The summed E-state index contributed by atoms with van der Waals surface area (Å²) in [5.74, 6) is 0.678. The Labute approximate surface area is 216 Å². The topological polar surface area (TPSA) is 131 Å². The molecule has 2 heterocycles. The van der Waals surface area contributed by atoms with Crippen molar-refractivity contribution in [2.45, 2.75) is 0 Å². The first-order valence-corrected chi connectivity index (χ1v) is 12.5. The molecule has 0 bridgehead atoms. The average molecular weight is 524 g/mol. The summed E-state index contributed by atoms with van der Waals surface area (Å²) >= 11 is 0. The van der Waals surface area contributed by atoms with E-state index in [0.717, 1.165) is 22.5 Å². The average Bonchev–Trinajstić information content (AvgIpc) is 3.21. The number of nitrogens with zero attached hydrogens (tertiary/aromatic N) is 7. The van der Waals surface area contributed by atoms with E-state index in [1.54, 1.807) is 9.20 Å². The standard InChI is InChI=1S/C25H28N7.H2O4S/c1-29(2)22-13-7-19(8-14-22)6-12-21-18-24(32-25(26-21)31(5)27-28-32)17-11-20-9-15-23(16-10-20)30(3)4;1-5(2,3)4/h6-18H,1-5H3;(H2,1,2,3,4)/q+1;/p-1. The second-order valence-corrected chi connectivity index (χ2v) is 9.34. The lowest BCUT2D eigenvalue weighted by Crippen LogP contribution is -2.31. The molecule has 0 atom stereocenters. The highest BCUT2D eigenvalue weighted by atomic mass is 32.3. The van der Waals surface area contributed by atoms with Crippen LogP contribution in [0.2, 0.25) is 0 Å². The second-order valence-electron chi connectivity index (χ2n) is 8.49. The van der Waals surface area contributed by atoms with Crippen molar-refractivity contribution in [2.24, 2.45) is 7.05 Å². The Morgan fingerprint density at radius 3 is 1.78 bits per heavy atom. The zero-order chi connectivity index (χ0) is 27.2. The second kappa shape index (κ2) is 11.7. The van der Waals surface area contributed by atoms with Gasteiger partial charge in [0.05, 0.1) is 12.3 Å². The van der Waals surface area contributed by atoms with Crippen LogP contribution in [-0.2, 0) is 17.4 Å². The van der Waals surface area contributed by atoms with Crippen LogP contribution >= 0.6 is 0 Å². The summed E-state index contributed by atoms with van der Waals surface area (Å²) in [5, 5.41) is 8.36. The molecule has 4 rings (SSSR count). The van der Waals surface area contributed by atoms with Crippen molar-refractivity contribution >= 4 is 51.9 Å². The van der Waals surface area contributed by atoms with Crippen LogP contribution < -0.4 is 14.5 Å². The van der Waals surface area contributed by atoms with E-state index >= 15 is 0 Å². The molecule has 0 aliphatic rings. The maximum absolute atomic E-state index is 8.63. The normalized spacial score (nSPS) is 11.6. The van der Waals surface area contributed by atoms with Crippen LogP contribution in [0.4, 0.5) is 11.4 Å². The highest BCUT2D eigenvalue weighted by molar-refractivity contribution is 7.79. The van der Waals surface area contributed by atoms with Gasteiger partial charge in [0.15, 0.2) is 0 Å². The van der Waals surface area contributed by atoms with Gasteiger partial charge < -0.3 is 14.4 Å². The van der Waals surface area contributed by atoms with E-state index in [2.05, 4.69) is 80.9 Å². The van der Waals surface area contributed by atoms with Crippen LogP contribution in [0.1, 0.15) is 22.5 Å². The fourth-order valence-electron chi connectivity index (χ4n) is 3.30. The monoisotopic (exact) mass is 523 g/mol. The summed E-state index contributed by atoms with van der Waals surface area (Å²) in [6.45, 7) is 0. The summed E-state index contributed by atoms with van der Waals surface area (Å²) in [5.41, 5.74) is 6.32. The van der Waals surface area contributed by atoms with Gasteiger partial charge in [-0.05, 0) is 47.5 Å². The molecule has 194 valence electrons. The summed E-state index contributed by atoms with van der Waals surface area (Å²) < 4.78 is 36.3. The van der Waals surface area contributed by atoms with Crippen LogP contribution in [0.25, 0.3) is 30.1 Å². The molecular formula is C25H29N7O4S. The van der Waals surface area contributed by atoms with Gasteiger partial charge >= 0.3 is 5.78 Å². The minimum absolute atomic E-state index is 0.678. The number of fused-ring (bicyclic) bond motifs is 1. The van der Waals surface area contributed by atoms with Gasteiger partial charge in [0, 0.05) is 45.6 Å². The molecule has 2 aromatic carbocycles. The van der Waals surface area contributed by atoms with Gasteiger partial charge in [-0.2, -0.15) is 0 Å². The quantitative estimate of drug-likeness (QED) is 0.230. The number of benzene rings is 2. The molecule has 0 radical (unpaired) electrons. The van der Waals surface area contributed by atoms with Crippen molar-refractivity contribution in [3.63, 3.8) is 0 Å². The number of tetrazole rings is 1. The molecule has 0 aliphatic carbocycles. The summed E-state index contributed by atoms with van der Waals surface area (Å²) in [6, 6.07) is 18.8. The molecule has 0 saturated carbocycles. The first kappa shape index (κ1) is 27.5. The first-order valence-electron chi connectivity index (χ1n) is 11.1. The Hall–Kier alpha value is -4.13. The van der Waals surface area contributed by atoms with Gasteiger partial charge in [-0.15, -0.1) is 9.67 Å². The Morgan fingerprint density at radius 1 is 0.865 bits per heavy atom. The van der Waals surface area contributed by atoms with E-state index in [4.69, 9.17) is 22.5 Å². The summed E-state index contributed by atoms with van der Waals surface area (Å²) in [6.07, 6.45) is 8.19. The van der Waals surface area contributed by atoms with Crippen molar-refractivity contribution < 1.29 is 22.2 Å². The molecule has 11 nitrogen and oxygen atoms in total. The van der Waals surface area contributed by atoms with Crippen LogP contribution in [0, 0.1) is 0 Å². The lowest BCUT2D eigenvalue weighted by atomic mass is 10.1. The van der Waals surface area contributed by atoms with Gasteiger partial charge in [-0.25, -0.2) is 8.42 Å². The van der Waals surface area contributed by atoms with Crippen molar-refractivity contribution in [3.05, 3.63) is 77.1 Å². The summed E-state index contributed by atoms with van der Waals surface area (Å²) in [7, 11) is 5.07. The number of aromatic nitrogens is 5. The molecule has 4 aromatic rings. The number of hydrogen-bond acceptors (Lipinski definition) is 8. The van der Waals surface area contributed by atoms with E-state index in [1.165, 1.54) is 11.4 Å². The van der Waals surface area contributed by atoms with E-state index in [1.807, 2.05) is 53.5 Å². The Kier molecular flexibility index (Phi) is 8.71. The Bertz CT molecular complexity index is 1500. The van der Waals surface area contributed by atoms with Gasteiger partial charge in [-0.3, -0.25) is 4.55 Å². The number of anilines is 2. The minimum Gasteiger partial charge on any atom is -0.726 e. The van der Waals surface area contributed by atoms with Crippen molar-refractivity contribution in [3.8, 4) is 0 Å². The largest absolute Gasteiger partial charge is 0.726 e. The first-order chi connectivity index (χ1) is 17.4. The summed E-state index contributed by atoms with van der Waals surface area (Å²) in [4.78, 5) is 8.88. The van der Waals surface area contributed by atoms with E-state index < -0.39 is 10.4 Å². The van der Waals surface area contributed by atoms with Gasteiger partial charge in [-0.1, -0.05) is 40.9 Å². The zero-order valence-corrected chi connectivity index (χ0v) is 22.0. The lowest BCUT2D eigenvalue weighted by Gasteiger charge is -2.11. The molecule has 12 heteroatoms. The molecule has 0 aliphatic heterocycles. The fourth-order valence-corrected chi connectivity index (χ4v) is 3.30. The third-order valence-electron chi connectivity index (χ3n) is 5.22. The number of aryl methyl sites for hydroxylation is 1. The zero-order valence-electron chi connectivity index (χ0n) is 21.2. The maximum Gasteiger partial charge on any atom is 0.408 e. The maximum atomic E-state index is 8.63. The van der Waals surface area contributed by atoms with E-state index in [0.29, 0.717) is 5.78 Å². The van der Waals surface area contributed by atoms with E-state index in [-0.39, 0.29) is 0 Å². The number of rotatable bonds is 6. The molecule has 1 N–H and O–H groups in total. The Balaban J connectivity index is 0.000000695. The predicted molar refractivity (Wildman–Crippen MR) is 144 cm³/mol. The van der Waals surface area contributed by atoms with Crippen LogP contribution in [0.15, 0.2) is 54.6 Å². The van der Waals surface area contributed by atoms with Crippen molar-refractivity contribution in [1.82, 2.24) is 19.9 Å². The van der Waals surface area contributed by atoms with Crippen molar-refractivity contribution in [1.29, 1.82) is 0 Å². The molecular weight excluding hydrogens is 494 g/mol. The highest BCUT2D eigenvalue weighted by Gasteiger charge is 2.16. The smallest absolute Gasteiger partial charge is 0.408 e. The van der Waals surface area contributed by atoms with Crippen LogP contribution in [0.5, 0.6) is 0 Å². The molecule has 2 aromatic heterocycles. The molecule has 0 spiro atoms. The fraction of sp³-hybridized carbons (Fsp3) is 0.200. The van der Waals surface area contributed by atoms with Gasteiger partial charge in [0.2, 0.25) is 10.4 Å². The SMILES string of the molecule is CN(C)c1ccc(/C=C/c2cc(/C=C/c3ccc(N(C)C)cc3)n3nn[n+](C)c3n2)cc1.O=S(=O)([O-])O. The highest BCUT2D eigenvalue weighted by Crippen LogP contribution is 2.17. The molecule has 0 amide bonds. The third-order valence-corrected chi connectivity index (χ3v) is 5.22. The lowest BCUT2D eigenvalue weighted by molar-refractivity contribution is -0.709. The van der Waals surface area contributed by atoms with Crippen LogP contribution in [0.3, 0.4) is 0 Å². The number of hydrogen-bond donors (Lipinski definition) is 1. The van der Waals surface area contributed by atoms with Gasteiger partial charge in [0.25, 0.3) is 0 Å². The van der Waals surface area contributed by atoms with Crippen molar-refractivity contribution in [2.75, 3.05) is 38.0 Å². The predicted octanol–water partition coefficient (Wildman–Crippen LogP) is 2.43. The third kappa shape index (κ3) is 8.20. The molecule has 0 unspecified atom stereocenters. The van der Waals surface area contributed by atoms with Crippen LogP contribution in [-0.4, -0.2) is 65.6 Å². The van der Waals surface area contributed by atoms with E-state index in [9.17, 15) is 0 Å². The molecule has 0 fully saturated rings. The molecule has 0 saturated heterocycles. The molecule has 37 heavy (non-hydrogen) atoms. The minimum atomic E-state index is -4.92. The Morgan fingerprint density at radius 2 is 1.32 bits per heavy atom.